The van der Waals surface area contributed by atoms with Crippen molar-refractivity contribution in [3.8, 4) is 11.4 Å². The summed E-state index contributed by atoms with van der Waals surface area (Å²) >= 11 is 0. The minimum absolute atomic E-state index is 0.184. The van der Waals surface area contributed by atoms with Gasteiger partial charge in [-0.3, -0.25) is 14.3 Å². The van der Waals surface area contributed by atoms with Crippen LogP contribution >= 0.6 is 0 Å². The molecular weight excluding hydrogens is 364 g/mol. The van der Waals surface area contributed by atoms with Crippen molar-refractivity contribution in [3.63, 3.8) is 0 Å². The lowest BCUT2D eigenvalue weighted by atomic mass is 10.2. The third kappa shape index (κ3) is 3.98. The normalized spacial score (nSPS) is 10.6. The van der Waals surface area contributed by atoms with Crippen LogP contribution in [0.1, 0.15) is 16.2 Å². The molecule has 2 aromatic heterocycles. The van der Waals surface area contributed by atoms with Gasteiger partial charge in [0.1, 0.15) is 12.1 Å². The Bertz CT molecular complexity index is 977. The van der Waals surface area contributed by atoms with Crippen LogP contribution in [0.2, 0.25) is 0 Å². The summed E-state index contributed by atoms with van der Waals surface area (Å²) in [5, 5.41) is 17.8. The van der Waals surface area contributed by atoms with Crippen LogP contribution in [-0.2, 0) is 11.8 Å². The number of anilines is 1. The molecule has 1 N–H and O–H groups in total. The van der Waals surface area contributed by atoms with Gasteiger partial charge in [-0.2, -0.15) is 5.10 Å². The standard InChI is InChI=1S/C17H20N8O3/c1-11-15(16(20-24(11)4)17(27)23(2)3)19-14(26)9-28-13-7-5-12(6-8-13)25-10-18-21-22-25/h5-8,10H,9H2,1-4H3,(H,19,26). The summed E-state index contributed by atoms with van der Waals surface area (Å²) < 4.78 is 8.56. The summed E-state index contributed by atoms with van der Waals surface area (Å²) in [6, 6.07) is 6.95. The molecule has 0 spiro atoms. The van der Waals surface area contributed by atoms with Crippen molar-refractivity contribution in [1.82, 2.24) is 34.9 Å². The summed E-state index contributed by atoms with van der Waals surface area (Å²) in [6.45, 7) is 1.56. The van der Waals surface area contributed by atoms with Crippen LogP contribution in [0.4, 0.5) is 5.69 Å². The van der Waals surface area contributed by atoms with Gasteiger partial charge in [0.05, 0.1) is 17.1 Å². The highest BCUT2D eigenvalue weighted by Gasteiger charge is 2.22. The van der Waals surface area contributed by atoms with E-state index in [1.807, 2.05) is 0 Å². The van der Waals surface area contributed by atoms with E-state index < -0.39 is 5.91 Å². The van der Waals surface area contributed by atoms with Crippen molar-refractivity contribution in [3.05, 3.63) is 42.0 Å². The number of amides is 2. The number of benzene rings is 1. The van der Waals surface area contributed by atoms with E-state index in [0.717, 1.165) is 5.69 Å². The highest BCUT2D eigenvalue weighted by Crippen LogP contribution is 2.21. The molecule has 0 unspecified atom stereocenters. The molecule has 0 saturated carbocycles. The molecule has 0 aliphatic rings. The summed E-state index contributed by atoms with van der Waals surface area (Å²) in [4.78, 5) is 26.0. The fourth-order valence-corrected chi connectivity index (χ4v) is 2.42. The van der Waals surface area contributed by atoms with Gasteiger partial charge in [-0.15, -0.1) is 5.10 Å². The fraction of sp³-hybridized carbons (Fsp3) is 0.294. The minimum Gasteiger partial charge on any atom is -0.484 e. The Morgan fingerprint density at radius 2 is 1.93 bits per heavy atom. The molecule has 0 atom stereocenters. The monoisotopic (exact) mass is 384 g/mol. The highest BCUT2D eigenvalue weighted by molar-refractivity contribution is 6.03. The Kier molecular flexibility index (Phi) is 5.34. The maximum atomic E-state index is 12.3. The molecule has 11 nitrogen and oxygen atoms in total. The maximum absolute atomic E-state index is 12.3. The molecule has 0 bridgehead atoms. The third-order valence-electron chi connectivity index (χ3n) is 4.03. The second-order valence-electron chi connectivity index (χ2n) is 6.22. The second kappa shape index (κ2) is 7.86. The average molecular weight is 384 g/mol. The summed E-state index contributed by atoms with van der Waals surface area (Å²) in [5.74, 6) is -0.175. The Balaban J connectivity index is 1.64. The molecule has 0 aliphatic carbocycles. The summed E-state index contributed by atoms with van der Waals surface area (Å²) in [7, 11) is 4.96. The molecule has 2 amide bonds. The predicted molar refractivity (Wildman–Crippen MR) is 99.2 cm³/mol. The SMILES string of the molecule is Cc1c(NC(=O)COc2ccc(-n3cnnn3)cc2)c(C(=O)N(C)C)nn1C. The van der Waals surface area contributed by atoms with Gasteiger partial charge < -0.3 is 15.0 Å². The average Bonchev–Trinajstić information content (AvgIpc) is 3.31. The molecule has 2 heterocycles. The molecule has 11 heteroatoms. The molecular formula is C17H20N8O3. The number of nitrogens with zero attached hydrogens (tertiary/aromatic N) is 7. The Labute approximate surface area is 160 Å². The molecule has 1 aromatic carbocycles. The molecule has 3 aromatic rings. The van der Waals surface area contributed by atoms with Crippen LogP contribution in [0.25, 0.3) is 5.69 Å². The Morgan fingerprint density at radius 1 is 1.21 bits per heavy atom. The first-order valence-corrected chi connectivity index (χ1v) is 8.38. The van der Waals surface area contributed by atoms with Crippen LogP contribution < -0.4 is 10.1 Å². The van der Waals surface area contributed by atoms with Gasteiger partial charge in [0, 0.05) is 21.1 Å². The van der Waals surface area contributed by atoms with Crippen molar-refractivity contribution < 1.29 is 14.3 Å². The van der Waals surface area contributed by atoms with Crippen molar-refractivity contribution >= 4 is 17.5 Å². The van der Waals surface area contributed by atoms with Crippen molar-refractivity contribution in [2.75, 3.05) is 26.0 Å². The zero-order chi connectivity index (χ0) is 20.3. The number of tetrazole rings is 1. The van der Waals surface area contributed by atoms with Crippen LogP contribution in [-0.4, -0.2) is 67.4 Å². The van der Waals surface area contributed by atoms with E-state index in [9.17, 15) is 9.59 Å². The first-order chi connectivity index (χ1) is 13.4. The van der Waals surface area contributed by atoms with E-state index in [1.165, 1.54) is 15.9 Å². The van der Waals surface area contributed by atoms with Crippen LogP contribution in [0.3, 0.4) is 0 Å². The fourth-order valence-electron chi connectivity index (χ4n) is 2.42. The van der Waals surface area contributed by atoms with Crippen LogP contribution in [0, 0.1) is 6.92 Å². The van der Waals surface area contributed by atoms with Crippen molar-refractivity contribution in [1.29, 1.82) is 0 Å². The lowest BCUT2D eigenvalue weighted by Gasteiger charge is -2.11. The van der Waals surface area contributed by atoms with Gasteiger partial charge in [-0.25, -0.2) is 4.68 Å². The molecule has 28 heavy (non-hydrogen) atoms. The smallest absolute Gasteiger partial charge is 0.276 e. The summed E-state index contributed by atoms with van der Waals surface area (Å²) in [6.07, 6.45) is 1.48. The van der Waals surface area contributed by atoms with Gasteiger partial charge in [-0.05, 0) is 41.6 Å². The van der Waals surface area contributed by atoms with E-state index in [-0.39, 0.29) is 18.2 Å². The van der Waals surface area contributed by atoms with Gasteiger partial charge in [-0.1, -0.05) is 0 Å². The van der Waals surface area contributed by atoms with E-state index in [2.05, 4.69) is 25.9 Å². The third-order valence-corrected chi connectivity index (χ3v) is 4.03. The van der Waals surface area contributed by atoms with Gasteiger partial charge in [0.2, 0.25) is 0 Å². The lowest BCUT2D eigenvalue weighted by Crippen LogP contribution is -2.26. The number of aromatic nitrogens is 6. The van der Waals surface area contributed by atoms with Gasteiger partial charge >= 0.3 is 0 Å². The maximum Gasteiger partial charge on any atom is 0.276 e. The van der Waals surface area contributed by atoms with Crippen LogP contribution in [0.5, 0.6) is 5.75 Å². The number of rotatable bonds is 6. The summed E-state index contributed by atoms with van der Waals surface area (Å²) in [5.41, 5.74) is 2.00. The number of ether oxygens (including phenoxy) is 1. The van der Waals surface area contributed by atoms with Crippen molar-refractivity contribution in [2.45, 2.75) is 6.92 Å². The number of hydrogen-bond donors (Lipinski definition) is 1. The number of hydrogen-bond acceptors (Lipinski definition) is 7. The Hall–Kier alpha value is -3.76. The van der Waals surface area contributed by atoms with E-state index in [4.69, 9.17) is 4.74 Å². The Morgan fingerprint density at radius 3 is 2.54 bits per heavy atom. The first kappa shape index (κ1) is 19.0. The number of carbonyl (C=O) groups excluding carboxylic acids is 2. The largest absolute Gasteiger partial charge is 0.484 e. The molecule has 0 radical (unpaired) electrons. The second-order valence-corrected chi connectivity index (χ2v) is 6.22. The molecule has 0 aliphatic heterocycles. The highest BCUT2D eigenvalue weighted by atomic mass is 16.5. The first-order valence-electron chi connectivity index (χ1n) is 8.38. The molecule has 3 rings (SSSR count). The number of aryl methyl sites for hydroxylation is 1. The quantitative estimate of drug-likeness (QED) is 0.654. The zero-order valence-corrected chi connectivity index (χ0v) is 15.9. The number of carbonyl (C=O) groups is 2. The van der Waals surface area contributed by atoms with Gasteiger partial charge in [0.15, 0.2) is 12.3 Å². The molecule has 146 valence electrons. The van der Waals surface area contributed by atoms with E-state index in [0.29, 0.717) is 17.1 Å². The van der Waals surface area contributed by atoms with E-state index >= 15 is 0 Å². The molecule has 0 saturated heterocycles. The zero-order valence-electron chi connectivity index (χ0n) is 15.9. The van der Waals surface area contributed by atoms with Gasteiger partial charge in [0.25, 0.3) is 11.8 Å². The topological polar surface area (TPSA) is 120 Å². The van der Waals surface area contributed by atoms with Crippen LogP contribution in [0.15, 0.2) is 30.6 Å². The minimum atomic E-state index is -0.395. The van der Waals surface area contributed by atoms with E-state index in [1.54, 1.807) is 57.0 Å². The lowest BCUT2D eigenvalue weighted by molar-refractivity contribution is -0.118. The molecule has 0 fully saturated rings. The number of nitrogens with one attached hydrogen (secondary N) is 1. The van der Waals surface area contributed by atoms with Crippen molar-refractivity contribution in [2.24, 2.45) is 7.05 Å². The predicted octanol–water partition coefficient (Wildman–Crippen LogP) is 0.424.